The van der Waals surface area contributed by atoms with E-state index in [-0.39, 0.29) is 36.1 Å². The van der Waals surface area contributed by atoms with E-state index in [1.165, 1.54) is 6.07 Å². The molecule has 0 radical (unpaired) electrons. The predicted molar refractivity (Wildman–Crippen MR) is 89.8 cm³/mol. The summed E-state index contributed by atoms with van der Waals surface area (Å²) in [7, 11) is 0. The molecule has 0 saturated carbocycles. The highest BCUT2D eigenvalue weighted by Gasteiger charge is 2.28. The molecule has 1 fully saturated rings. The highest BCUT2D eigenvalue weighted by atomic mass is 35.5. The molecule has 1 N–H and O–H groups in total. The molecule has 3 nitrogen and oxygen atoms in total. The fourth-order valence-corrected chi connectivity index (χ4v) is 2.96. The number of nitrogens with zero attached hydrogens (tertiary/aromatic N) is 1. The molecule has 1 aromatic rings. The zero-order valence-corrected chi connectivity index (χ0v) is 14.3. The quantitative estimate of drug-likeness (QED) is 0.921. The first-order valence-corrected chi connectivity index (χ1v) is 7.74. The summed E-state index contributed by atoms with van der Waals surface area (Å²) in [6, 6.07) is 7.20. The van der Waals surface area contributed by atoms with Gasteiger partial charge in [0, 0.05) is 31.6 Å². The lowest BCUT2D eigenvalue weighted by atomic mass is 9.96. The molecule has 1 heterocycles. The lowest BCUT2D eigenvalue weighted by molar-refractivity contribution is -0.135. The molecule has 2 rings (SSSR count). The molecule has 0 bridgehead atoms. The van der Waals surface area contributed by atoms with Crippen LogP contribution < -0.4 is 5.32 Å². The van der Waals surface area contributed by atoms with Gasteiger partial charge < -0.3 is 10.2 Å². The van der Waals surface area contributed by atoms with E-state index < -0.39 is 0 Å². The molecule has 0 aromatic heterocycles. The van der Waals surface area contributed by atoms with Gasteiger partial charge in [0.1, 0.15) is 5.82 Å². The molecule has 1 aliphatic heterocycles. The van der Waals surface area contributed by atoms with Crippen molar-refractivity contribution in [2.24, 2.45) is 5.92 Å². The third-order valence-electron chi connectivity index (χ3n) is 4.35. The van der Waals surface area contributed by atoms with E-state index in [0.29, 0.717) is 12.5 Å². The van der Waals surface area contributed by atoms with Crippen LogP contribution in [0.2, 0.25) is 0 Å². The van der Waals surface area contributed by atoms with Crippen LogP contribution in [0.1, 0.15) is 32.8 Å². The van der Waals surface area contributed by atoms with Gasteiger partial charge in [0.2, 0.25) is 5.91 Å². The third kappa shape index (κ3) is 4.96. The summed E-state index contributed by atoms with van der Waals surface area (Å²) in [5.74, 6) is 0.215. The Kier molecular flexibility index (Phi) is 7.30. The van der Waals surface area contributed by atoms with Crippen LogP contribution in [0, 0.1) is 11.7 Å². The topological polar surface area (TPSA) is 32.3 Å². The fourth-order valence-electron chi connectivity index (χ4n) is 2.96. The zero-order chi connectivity index (χ0) is 15.4. The Bertz CT molecular complexity index is 497. The van der Waals surface area contributed by atoms with Crippen LogP contribution in [0.5, 0.6) is 0 Å². The van der Waals surface area contributed by atoms with Gasteiger partial charge in [-0.25, -0.2) is 4.39 Å². The zero-order valence-electron chi connectivity index (χ0n) is 13.5. The predicted octanol–water partition coefficient (Wildman–Crippen LogP) is 3.03. The Morgan fingerprint density at radius 2 is 2.18 bits per heavy atom. The number of hydrogen-bond donors (Lipinski definition) is 1. The van der Waals surface area contributed by atoms with Crippen molar-refractivity contribution in [3.05, 3.63) is 35.6 Å². The monoisotopic (exact) mass is 328 g/mol. The van der Waals surface area contributed by atoms with Gasteiger partial charge in [0.05, 0.1) is 0 Å². The van der Waals surface area contributed by atoms with E-state index in [4.69, 9.17) is 0 Å². The van der Waals surface area contributed by atoms with E-state index in [1.54, 1.807) is 12.1 Å². The van der Waals surface area contributed by atoms with Gasteiger partial charge in [0.15, 0.2) is 0 Å². The van der Waals surface area contributed by atoms with Crippen molar-refractivity contribution in [1.29, 1.82) is 0 Å². The molecule has 3 unspecified atom stereocenters. The number of nitrogens with one attached hydrogen (secondary N) is 1. The number of rotatable bonds is 4. The van der Waals surface area contributed by atoms with Gasteiger partial charge in [-0.15, -0.1) is 12.4 Å². The Morgan fingerprint density at radius 3 is 2.86 bits per heavy atom. The van der Waals surface area contributed by atoms with Gasteiger partial charge in [-0.3, -0.25) is 4.79 Å². The van der Waals surface area contributed by atoms with Crippen molar-refractivity contribution < 1.29 is 9.18 Å². The fraction of sp³-hybridized carbons (Fsp3) is 0.588. The minimum Gasteiger partial charge on any atom is -0.337 e. The summed E-state index contributed by atoms with van der Waals surface area (Å²) in [5, 5.41) is 3.38. The molecular formula is C17H26ClFN2O. The van der Waals surface area contributed by atoms with E-state index in [0.717, 1.165) is 25.1 Å². The van der Waals surface area contributed by atoms with Gasteiger partial charge in [0.25, 0.3) is 0 Å². The molecule has 0 spiro atoms. The van der Waals surface area contributed by atoms with Gasteiger partial charge in [-0.1, -0.05) is 19.1 Å². The summed E-state index contributed by atoms with van der Waals surface area (Å²) in [4.78, 5) is 14.4. The third-order valence-corrected chi connectivity index (χ3v) is 4.35. The minimum absolute atomic E-state index is 0. The maximum absolute atomic E-state index is 13.2. The summed E-state index contributed by atoms with van der Waals surface area (Å²) < 4.78 is 13.2. The smallest absolute Gasteiger partial charge is 0.223 e. The van der Waals surface area contributed by atoms with Crippen molar-refractivity contribution >= 4 is 18.3 Å². The van der Waals surface area contributed by atoms with Crippen LogP contribution in [0.15, 0.2) is 24.3 Å². The van der Waals surface area contributed by atoms with Crippen molar-refractivity contribution in [1.82, 2.24) is 10.2 Å². The standard InChI is InChI=1S/C17H25FN2O.ClH/c1-12(9-15-5-4-6-16(18)11-15)10-17(21)20-8-7-19-13(2)14(20)3;/h4-6,11-14,19H,7-10H2,1-3H3;1H. The van der Waals surface area contributed by atoms with E-state index in [9.17, 15) is 9.18 Å². The number of benzene rings is 1. The molecular weight excluding hydrogens is 303 g/mol. The molecule has 1 amide bonds. The number of piperazine rings is 1. The first kappa shape index (κ1) is 18.9. The Morgan fingerprint density at radius 1 is 1.45 bits per heavy atom. The van der Waals surface area contributed by atoms with Gasteiger partial charge in [-0.2, -0.15) is 0 Å². The van der Waals surface area contributed by atoms with Crippen LogP contribution in [0.25, 0.3) is 0 Å². The molecule has 124 valence electrons. The minimum atomic E-state index is -0.212. The van der Waals surface area contributed by atoms with Crippen molar-refractivity contribution in [2.75, 3.05) is 13.1 Å². The van der Waals surface area contributed by atoms with Crippen LogP contribution in [0.3, 0.4) is 0 Å². The van der Waals surface area contributed by atoms with Crippen molar-refractivity contribution in [3.8, 4) is 0 Å². The Balaban J connectivity index is 0.00000242. The van der Waals surface area contributed by atoms with Gasteiger partial charge >= 0.3 is 0 Å². The van der Waals surface area contributed by atoms with Crippen LogP contribution in [-0.4, -0.2) is 36.0 Å². The maximum Gasteiger partial charge on any atom is 0.223 e. The lowest BCUT2D eigenvalue weighted by Crippen LogP contribution is -2.57. The van der Waals surface area contributed by atoms with Crippen LogP contribution >= 0.6 is 12.4 Å². The Labute approximate surface area is 138 Å². The van der Waals surface area contributed by atoms with E-state index in [2.05, 4.69) is 26.1 Å². The van der Waals surface area contributed by atoms with Crippen LogP contribution in [-0.2, 0) is 11.2 Å². The van der Waals surface area contributed by atoms with Crippen molar-refractivity contribution in [3.63, 3.8) is 0 Å². The average molecular weight is 329 g/mol. The molecule has 22 heavy (non-hydrogen) atoms. The first-order valence-electron chi connectivity index (χ1n) is 7.74. The maximum atomic E-state index is 13.2. The highest BCUT2D eigenvalue weighted by Crippen LogP contribution is 2.17. The molecule has 0 aliphatic carbocycles. The lowest BCUT2D eigenvalue weighted by Gasteiger charge is -2.39. The van der Waals surface area contributed by atoms with E-state index >= 15 is 0 Å². The molecule has 3 atom stereocenters. The largest absolute Gasteiger partial charge is 0.337 e. The van der Waals surface area contributed by atoms with E-state index in [1.807, 2.05) is 11.0 Å². The molecule has 1 saturated heterocycles. The number of carbonyl (C=O) groups is 1. The SMILES string of the molecule is CC(CC(=O)N1CCNC(C)C1C)Cc1cccc(F)c1.Cl. The first-order chi connectivity index (χ1) is 9.97. The van der Waals surface area contributed by atoms with Crippen molar-refractivity contribution in [2.45, 2.75) is 45.7 Å². The molecule has 1 aromatic carbocycles. The second-order valence-corrected chi connectivity index (χ2v) is 6.21. The second kappa shape index (κ2) is 8.49. The summed E-state index contributed by atoms with van der Waals surface area (Å²) >= 11 is 0. The summed E-state index contributed by atoms with van der Waals surface area (Å²) in [5.41, 5.74) is 0.956. The van der Waals surface area contributed by atoms with Gasteiger partial charge in [-0.05, 0) is 43.9 Å². The number of carbonyl (C=O) groups excluding carboxylic acids is 1. The Hall–Kier alpha value is -1.13. The van der Waals surface area contributed by atoms with Crippen LogP contribution in [0.4, 0.5) is 4.39 Å². The highest BCUT2D eigenvalue weighted by molar-refractivity contribution is 5.85. The number of amides is 1. The molecule has 1 aliphatic rings. The second-order valence-electron chi connectivity index (χ2n) is 6.21. The summed E-state index contributed by atoms with van der Waals surface area (Å²) in [6.45, 7) is 7.89. The number of halogens is 2. The molecule has 5 heteroatoms. The number of hydrogen-bond acceptors (Lipinski definition) is 2. The summed E-state index contributed by atoms with van der Waals surface area (Å²) in [6.07, 6.45) is 1.26. The normalized spacial score (nSPS) is 22.8. The average Bonchev–Trinajstić information content (AvgIpc) is 2.41.